The summed E-state index contributed by atoms with van der Waals surface area (Å²) in [7, 11) is 0. The highest BCUT2D eigenvalue weighted by molar-refractivity contribution is 9.10. The number of rotatable bonds is 3. The summed E-state index contributed by atoms with van der Waals surface area (Å²) in [5.74, 6) is -1.35. The van der Waals surface area contributed by atoms with Gasteiger partial charge in [0.15, 0.2) is 0 Å². The molecule has 0 aliphatic carbocycles. The number of aryl methyl sites for hydroxylation is 2. The molecular weight excluding hydrogens is 458 g/mol. The average Bonchev–Trinajstić information content (AvgIpc) is 3.00. The second kappa shape index (κ2) is 8.00. The third-order valence-corrected chi connectivity index (χ3v) is 5.93. The van der Waals surface area contributed by atoms with Crippen molar-refractivity contribution < 1.29 is 14.4 Å². The number of imide groups is 2. The summed E-state index contributed by atoms with van der Waals surface area (Å²) < 4.78 is 2.98. The molecule has 1 aliphatic heterocycles. The predicted octanol–water partition coefficient (Wildman–Crippen LogP) is 4.83. The van der Waals surface area contributed by atoms with Crippen molar-refractivity contribution >= 4 is 45.5 Å². The van der Waals surface area contributed by atoms with Gasteiger partial charge >= 0.3 is 6.03 Å². The first-order valence-electron chi connectivity index (χ1n) is 9.70. The Labute approximate surface area is 188 Å². The van der Waals surface area contributed by atoms with Crippen molar-refractivity contribution in [3.05, 3.63) is 87.2 Å². The minimum atomic E-state index is -0.755. The Balaban J connectivity index is 1.77. The maximum atomic E-state index is 13.1. The van der Waals surface area contributed by atoms with Crippen molar-refractivity contribution in [1.82, 2.24) is 9.88 Å². The molecule has 1 saturated heterocycles. The Hall–Kier alpha value is -3.45. The summed E-state index contributed by atoms with van der Waals surface area (Å²) in [5, 5.41) is 2.27. The van der Waals surface area contributed by atoms with E-state index in [0.29, 0.717) is 5.69 Å². The Morgan fingerprint density at radius 3 is 2.29 bits per heavy atom. The van der Waals surface area contributed by atoms with Crippen molar-refractivity contribution in [3.63, 3.8) is 0 Å². The summed E-state index contributed by atoms with van der Waals surface area (Å²) in [6, 6.07) is 15.9. The molecule has 2 heterocycles. The number of hydrogen-bond donors (Lipinski definition) is 1. The van der Waals surface area contributed by atoms with Crippen LogP contribution in [0.1, 0.15) is 22.5 Å². The minimum absolute atomic E-state index is 0.0902. The van der Waals surface area contributed by atoms with E-state index in [-0.39, 0.29) is 5.57 Å². The number of nitrogens with zero attached hydrogens (tertiary/aromatic N) is 2. The highest BCUT2D eigenvalue weighted by Gasteiger charge is 2.37. The third-order valence-electron chi connectivity index (χ3n) is 5.26. The first kappa shape index (κ1) is 20.8. The Bertz CT molecular complexity index is 1260. The monoisotopic (exact) mass is 477 g/mol. The van der Waals surface area contributed by atoms with Gasteiger partial charge in [0.2, 0.25) is 0 Å². The van der Waals surface area contributed by atoms with E-state index in [1.54, 1.807) is 30.3 Å². The average molecular weight is 478 g/mol. The Kier molecular flexibility index (Phi) is 5.37. The van der Waals surface area contributed by atoms with E-state index in [9.17, 15) is 14.4 Å². The fourth-order valence-electron chi connectivity index (χ4n) is 3.68. The molecule has 0 bridgehead atoms. The number of hydrogen-bond acceptors (Lipinski definition) is 3. The molecular formula is C24H20BrN3O3. The number of anilines is 1. The molecule has 2 aromatic carbocycles. The summed E-state index contributed by atoms with van der Waals surface area (Å²) >= 11 is 3.57. The molecule has 0 radical (unpaired) electrons. The standard InChI is InChI=1S/C24H20BrN3O3/c1-14-8-10-18(11-9-14)28-23(30)19(22(29)26-24(28)31)13-17-12-15(2)27(16(17)3)21-7-5-4-6-20(21)25/h4-13H,1-3H3,(H,26,29,31)/b19-13+. The fourth-order valence-corrected chi connectivity index (χ4v) is 4.14. The van der Waals surface area contributed by atoms with Gasteiger partial charge in [-0.15, -0.1) is 0 Å². The third kappa shape index (κ3) is 3.72. The molecule has 4 rings (SSSR count). The smallest absolute Gasteiger partial charge is 0.317 e. The molecule has 0 unspecified atom stereocenters. The van der Waals surface area contributed by atoms with Gasteiger partial charge in [0.1, 0.15) is 5.57 Å². The van der Waals surface area contributed by atoms with Gasteiger partial charge in [-0.2, -0.15) is 0 Å². The number of carbonyl (C=O) groups excluding carboxylic acids is 3. The number of amides is 4. The van der Waals surface area contributed by atoms with Crippen molar-refractivity contribution in [2.75, 3.05) is 4.90 Å². The number of aromatic nitrogens is 1. The topological polar surface area (TPSA) is 71.4 Å². The first-order valence-corrected chi connectivity index (χ1v) is 10.5. The van der Waals surface area contributed by atoms with Crippen LogP contribution in [0.5, 0.6) is 0 Å². The maximum Gasteiger partial charge on any atom is 0.335 e. The van der Waals surface area contributed by atoms with Gasteiger partial charge in [0.25, 0.3) is 11.8 Å². The molecule has 3 aromatic rings. The molecule has 156 valence electrons. The van der Waals surface area contributed by atoms with Gasteiger partial charge in [-0.05, 0) is 78.7 Å². The SMILES string of the molecule is Cc1ccc(N2C(=O)NC(=O)/C(=C\c3cc(C)n(-c4ccccc4Br)c3C)C2=O)cc1. The quantitative estimate of drug-likeness (QED) is 0.433. The summed E-state index contributed by atoms with van der Waals surface area (Å²) in [4.78, 5) is 39.0. The number of nitrogens with one attached hydrogen (secondary N) is 1. The van der Waals surface area contributed by atoms with Crippen LogP contribution in [0.15, 0.2) is 64.6 Å². The van der Waals surface area contributed by atoms with Gasteiger partial charge in [0.05, 0.1) is 11.4 Å². The molecule has 0 spiro atoms. The molecule has 0 saturated carbocycles. The number of halogens is 1. The van der Waals surface area contributed by atoms with Crippen molar-refractivity contribution in [2.24, 2.45) is 0 Å². The summed E-state index contributed by atoms with van der Waals surface area (Å²) in [5.41, 5.74) is 4.82. The molecule has 1 aliphatic rings. The molecule has 1 fully saturated rings. The second-order valence-corrected chi connectivity index (χ2v) is 8.26. The molecule has 7 heteroatoms. The van der Waals surface area contributed by atoms with E-state index in [1.165, 1.54) is 0 Å². The van der Waals surface area contributed by atoms with Crippen molar-refractivity contribution in [1.29, 1.82) is 0 Å². The van der Waals surface area contributed by atoms with Crippen LogP contribution >= 0.6 is 15.9 Å². The number of para-hydroxylation sites is 1. The Morgan fingerprint density at radius 2 is 1.61 bits per heavy atom. The van der Waals surface area contributed by atoms with Crippen LogP contribution in [0.2, 0.25) is 0 Å². The summed E-state index contributed by atoms with van der Waals surface area (Å²) in [6.07, 6.45) is 1.54. The van der Waals surface area contributed by atoms with Gasteiger partial charge in [-0.1, -0.05) is 29.8 Å². The number of carbonyl (C=O) groups is 3. The maximum absolute atomic E-state index is 13.1. The predicted molar refractivity (Wildman–Crippen MR) is 123 cm³/mol. The Morgan fingerprint density at radius 1 is 0.935 bits per heavy atom. The van der Waals surface area contributed by atoms with Crippen molar-refractivity contribution in [2.45, 2.75) is 20.8 Å². The van der Waals surface area contributed by atoms with Crippen LogP contribution in [0.25, 0.3) is 11.8 Å². The van der Waals surface area contributed by atoms with Crippen LogP contribution in [0.4, 0.5) is 10.5 Å². The number of benzene rings is 2. The lowest BCUT2D eigenvalue weighted by Crippen LogP contribution is -2.54. The normalized spacial score (nSPS) is 15.5. The van der Waals surface area contributed by atoms with Crippen molar-refractivity contribution in [3.8, 4) is 5.69 Å². The lowest BCUT2D eigenvalue weighted by Gasteiger charge is -2.26. The first-order chi connectivity index (χ1) is 14.8. The largest absolute Gasteiger partial charge is 0.335 e. The molecule has 4 amide bonds. The van der Waals surface area contributed by atoms with E-state index < -0.39 is 17.8 Å². The van der Waals surface area contributed by atoms with Crippen LogP contribution in [0, 0.1) is 20.8 Å². The van der Waals surface area contributed by atoms with E-state index in [4.69, 9.17) is 0 Å². The van der Waals surface area contributed by atoms with E-state index >= 15 is 0 Å². The molecule has 1 N–H and O–H groups in total. The van der Waals surface area contributed by atoms with E-state index in [0.717, 1.165) is 37.6 Å². The van der Waals surface area contributed by atoms with Crippen LogP contribution in [-0.2, 0) is 9.59 Å². The fraction of sp³-hybridized carbons (Fsp3) is 0.125. The number of urea groups is 1. The van der Waals surface area contributed by atoms with Crippen LogP contribution in [-0.4, -0.2) is 22.4 Å². The van der Waals surface area contributed by atoms with E-state index in [2.05, 4.69) is 21.2 Å². The van der Waals surface area contributed by atoms with Gasteiger partial charge in [-0.3, -0.25) is 14.9 Å². The zero-order valence-corrected chi connectivity index (χ0v) is 18.9. The number of barbiturate groups is 1. The highest BCUT2D eigenvalue weighted by Crippen LogP contribution is 2.29. The molecule has 0 atom stereocenters. The van der Waals surface area contributed by atoms with Crippen LogP contribution < -0.4 is 10.2 Å². The highest BCUT2D eigenvalue weighted by atomic mass is 79.9. The van der Waals surface area contributed by atoms with Crippen LogP contribution in [0.3, 0.4) is 0 Å². The lowest BCUT2D eigenvalue weighted by atomic mass is 10.1. The van der Waals surface area contributed by atoms with E-state index in [1.807, 2.05) is 55.7 Å². The second-order valence-electron chi connectivity index (χ2n) is 7.41. The van der Waals surface area contributed by atoms with Gasteiger partial charge in [0, 0.05) is 15.9 Å². The zero-order valence-electron chi connectivity index (χ0n) is 17.3. The molecule has 31 heavy (non-hydrogen) atoms. The van der Waals surface area contributed by atoms with Gasteiger partial charge < -0.3 is 4.57 Å². The lowest BCUT2D eigenvalue weighted by molar-refractivity contribution is -0.122. The van der Waals surface area contributed by atoms with Gasteiger partial charge in [-0.25, -0.2) is 9.69 Å². The minimum Gasteiger partial charge on any atom is -0.317 e. The summed E-state index contributed by atoms with van der Waals surface area (Å²) in [6.45, 7) is 5.80. The molecule has 6 nitrogen and oxygen atoms in total. The zero-order chi connectivity index (χ0) is 22.3. The molecule has 1 aromatic heterocycles.